The van der Waals surface area contributed by atoms with Gasteiger partial charge in [-0.15, -0.1) is 0 Å². The van der Waals surface area contributed by atoms with Crippen molar-refractivity contribution < 1.29 is 9.90 Å². The molecule has 0 radical (unpaired) electrons. The van der Waals surface area contributed by atoms with E-state index < -0.39 is 23.8 Å². The molecule has 0 saturated carbocycles. The Morgan fingerprint density at radius 2 is 1.65 bits per heavy atom. The quantitative estimate of drug-likeness (QED) is 0.556. The summed E-state index contributed by atoms with van der Waals surface area (Å²) >= 11 is 0. The fourth-order valence-electron chi connectivity index (χ4n) is 2.86. The van der Waals surface area contributed by atoms with Gasteiger partial charge in [0.05, 0.1) is 11.0 Å². The minimum Gasteiger partial charge on any atom is -0.480 e. The summed E-state index contributed by atoms with van der Waals surface area (Å²) in [7, 11) is 0. The van der Waals surface area contributed by atoms with Crippen LogP contribution >= 0.6 is 0 Å². The Bertz CT molecular complexity index is 1230. The van der Waals surface area contributed by atoms with Gasteiger partial charge in [0.2, 0.25) is 0 Å². The van der Waals surface area contributed by atoms with Crippen molar-refractivity contribution in [3.8, 4) is 17.2 Å². The molecule has 0 unspecified atom stereocenters. The molecule has 0 bridgehead atoms. The van der Waals surface area contributed by atoms with Crippen LogP contribution in [0.5, 0.6) is 0 Å². The molecule has 0 atom stereocenters. The lowest BCUT2D eigenvalue weighted by Crippen LogP contribution is -2.40. The zero-order valence-corrected chi connectivity index (χ0v) is 13.4. The minimum absolute atomic E-state index is 0.0617. The molecule has 4 rings (SSSR count). The molecule has 0 spiro atoms. The van der Waals surface area contributed by atoms with E-state index in [1.807, 2.05) is 42.5 Å². The highest BCUT2D eigenvalue weighted by atomic mass is 16.4. The number of aromatic nitrogens is 4. The molecule has 0 fully saturated rings. The van der Waals surface area contributed by atoms with Crippen LogP contribution in [-0.2, 0) is 11.3 Å². The largest absolute Gasteiger partial charge is 0.480 e. The first-order valence-electron chi connectivity index (χ1n) is 7.76. The molecule has 2 aromatic carbocycles. The van der Waals surface area contributed by atoms with Gasteiger partial charge < -0.3 is 5.11 Å². The molecule has 128 valence electrons. The van der Waals surface area contributed by atoms with Gasteiger partial charge in [0.25, 0.3) is 5.56 Å². The molecule has 1 N–H and O–H groups in total. The van der Waals surface area contributed by atoms with E-state index in [0.29, 0.717) is 21.3 Å². The number of hydrogen-bond acceptors (Lipinski definition) is 5. The molecule has 8 nitrogen and oxygen atoms in total. The van der Waals surface area contributed by atoms with Crippen LogP contribution in [0.3, 0.4) is 0 Å². The predicted octanol–water partition coefficient (Wildman–Crippen LogP) is 1.13. The molecule has 0 saturated heterocycles. The van der Waals surface area contributed by atoms with Crippen LogP contribution in [0.25, 0.3) is 28.2 Å². The van der Waals surface area contributed by atoms with Crippen molar-refractivity contribution in [1.82, 2.24) is 19.1 Å². The second-order valence-electron chi connectivity index (χ2n) is 5.62. The Hall–Kier alpha value is -3.81. The highest BCUT2D eigenvalue weighted by molar-refractivity contribution is 5.81. The normalized spacial score (nSPS) is 11.1. The standard InChI is InChI=1S/C18H12N4O4/c23-14(24)10-21-17(25)15-16(20-18(21)26)22(11-6-2-1-3-7-11)13-9-5-4-8-12(13)19-15/h1-9H,10H2,(H,23,24). The molecule has 0 aliphatic carbocycles. The average molecular weight is 348 g/mol. The number of nitrogens with zero attached hydrogens (tertiary/aromatic N) is 4. The molecule has 0 aromatic heterocycles. The summed E-state index contributed by atoms with van der Waals surface area (Å²) < 4.78 is 2.24. The molecular formula is C18H12N4O4. The van der Waals surface area contributed by atoms with E-state index in [2.05, 4.69) is 9.97 Å². The van der Waals surface area contributed by atoms with E-state index in [4.69, 9.17) is 5.11 Å². The third kappa shape index (κ3) is 2.44. The van der Waals surface area contributed by atoms with Crippen molar-refractivity contribution >= 4 is 17.0 Å². The van der Waals surface area contributed by atoms with Gasteiger partial charge in [-0.25, -0.2) is 14.3 Å². The maximum Gasteiger partial charge on any atom is 0.353 e. The summed E-state index contributed by atoms with van der Waals surface area (Å²) in [5.41, 5.74) is 0.146. The van der Waals surface area contributed by atoms with Crippen molar-refractivity contribution in [3.05, 3.63) is 75.4 Å². The topological polar surface area (TPSA) is 107 Å². The van der Waals surface area contributed by atoms with Gasteiger partial charge in [-0.1, -0.05) is 30.3 Å². The monoisotopic (exact) mass is 348 g/mol. The Kier molecular flexibility index (Phi) is 3.58. The maximum absolute atomic E-state index is 12.7. The Labute approximate surface area is 146 Å². The smallest absolute Gasteiger partial charge is 0.353 e. The van der Waals surface area contributed by atoms with Crippen molar-refractivity contribution in [2.24, 2.45) is 0 Å². The number of benzene rings is 2. The van der Waals surface area contributed by atoms with Crippen LogP contribution in [0.2, 0.25) is 0 Å². The molecular weight excluding hydrogens is 336 g/mol. The third-order valence-corrected chi connectivity index (χ3v) is 3.97. The van der Waals surface area contributed by atoms with E-state index in [-0.39, 0.29) is 11.5 Å². The van der Waals surface area contributed by atoms with Gasteiger partial charge in [-0.05, 0) is 24.3 Å². The number of carboxylic acids is 1. The number of carbonyl (C=O) groups is 1. The summed E-state index contributed by atoms with van der Waals surface area (Å²) in [6, 6.07) is 16.3. The highest BCUT2D eigenvalue weighted by Gasteiger charge is 2.22. The zero-order valence-electron chi connectivity index (χ0n) is 13.4. The van der Waals surface area contributed by atoms with Crippen LogP contribution in [0.15, 0.2) is 64.2 Å². The summed E-state index contributed by atoms with van der Waals surface area (Å²) in [6.45, 7) is -0.763. The number of carboxylic acid groups (broad SMARTS) is 1. The average Bonchev–Trinajstić information content (AvgIpc) is 2.64. The lowest BCUT2D eigenvalue weighted by Gasteiger charge is -2.17. The summed E-state index contributed by atoms with van der Waals surface area (Å²) in [4.78, 5) is 44.2. The first-order valence-corrected chi connectivity index (χ1v) is 7.76. The van der Waals surface area contributed by atoms with Crippen LogP contribution < -0.4 is 11.2 Å². The minimum atomic E-state index is -1.30. The fourth-order valence-corrected chi connectivity index (χ4v) is 2.86. The Morgan fingerprint density at radius 1 is 0.962 bits per heavy atom. The lowest BCUT2D eigenvalue weighted by atomic mass is 10.2. The van der Waals surface area contributed by atoms with E-state index in [1.54, 1.807) is 16.7 Å². The van der Waals surface area contributed by atoms with E-state index in [9.17, 15) is 14.4 Å². The van der Waals surface area contributed by atoms with Crippen molar-refractivity contribution in [3.63, 3.8) is 0 Å². The molecule has 2 aromatic rings. The summed E-state index contributed by atoms with van der Waals surface area (Å²) in [5.74, 6) is -1.21. The van der Waals surface area contributed by atoms with Crippen molar-refractivity contribution in [1.29, 1.82) is 0 Å². The zero-order chi connectivity index (χ0) is 18.3. The van der Waals surface area contributed by atoms with Gasteiger partial charge in [0, 0.05) is 5.69 Å². The van der Waals surface area contributed by atoms with E-state index in [1.165, 1.54) is 0 Å². The first kappa shape index (κ1) is 15.7. The second-order valence-corrected chi connectivity index (χ2v) is 5.62. The molecule has 2 aliphatic rings. The van der Waals surface area contributed by atoms with Gasteiger partial charge in [-0.2, -0.15) is 4.98 Å². The van der Waals surface area contributed by atoms with Crippen molar-refractivity contribution in [2.75, 3.05) is 0 Å². The molecule has 0 amide bonds. The number of fused-ring (bicyclic) bond motifs is 2. The van der Waals surface area contributed by atoms with Crippen LogP contribution in [0, 0.1) is 0 Å². The number of para-hydroxylation sites is 3. The van der Waals surface area contributed by atoms with Gasteiger partial charge in [0.15, 0.2) is 11.5 Å². The fraction of sp³-hybridized carbons (Fsp3) is 0.0556. The molecule has 26 heavy (non-hydrogen) atoms. The maximum atomic E-state index is 12.7. The predicted molar refractivity (Wildman–Crippen MR) is 93.7 cm³/mol. The van der Waals surface area contributed by atoms with Gasteiger partial charge in [0.1, 0.15) is 6.54 Å². The van der Waals surface area contributed by atoms with Crippen LogP contribution in [-0.4, -0.2) is 30.2 Å². The highest BCUT2D eigenvalue weighted by Crippen LogP contribution is 2.24. The molecule has 2 heterocycles. The van der Waals surface area contributed by atoms with Crippen LogP contribution in [0.4, 0.5) is 0 Å². The van der Waals surface area contributed by atoms with Crippen molar-refractivity contribution in [2.45, 2.75) is 6.54 Å². The molecule has 2 aliphatic heterocycles. The lowest BCUT2D eigenvalue weighted by molar-refractivity contribution is -0.137. The number of rotatable bonds is 3. The Balaban J connectivity index is 2.19. The summed E-state index contributed by atoms with van der Waals surface area (Å²) in [5, 5.41) is 8.94. The second kappa shape index (κ2) is 5.92. The number of aliphatic carboxylic acids is 1. The summed E-state index contributed by atoms with van der Waals surface area (Å²) in [6.07, 6.45) is 0. The number of hydrogen-bond donors (Lipinski definition) is 1. The van der Waals surface area contributed by atoms with Gasteiger partial charge >= 0.3 is 11.7 Å². The Morgan fingerprint density at radius 3 is 2.38 bits per heavy atom. The van der Waals surface area contributed by atoms with E-state index >= 15 is 0 Å². The third-order valence-electron chi connectivity index (χ3n) is 3.97. The molecule has 8 heteroatoms. The van der Waals surface area contributed by atoms with Crippen LogP contribution in [0.1, 0.15) is 0 Å². The first-order chi connectivity index (χ1) is 12.6. The SMILES string of the molecule is O=C(O)Cn1c(=O)nc2n(-c3ccccc3)c3ccccc3nc-2c1=O. The van der Waals surface area contributed by atoms with Gasteiger partial charge in [-0.3, -0.25) is 14.2 Å². The van der Waals surface area contributed by atoms with E-state index in [0.717, 1.165) is 0 Å².